The van der Waals surface area contributed by atoms with Crippen LogP contribution in [-0.2, 0) is 0 Å². The second-order valence-corrected chi connectivity index (χ2v) is 2.47. The summed E-state index contributed by atoms with van der Waals surface area (Å²) in [7, 11) is 0. The maximum Gasteiger partial charge on any atom is 0.124 e. The first-order chi connectivity index (χ1) is 5.72. The normalized spacial score (nSPS) is 17.6. The van der Waals surface area contributed by atoms with Gasteiger partial charge in [0.1, 0.15) is 11.7 Å². The molecule has 1 aliphatic carbocycles. The molecule has 0 heterocycles. The van der Waals surface area contributed by atoms with E-state index < -0.39 is 5.83 Å². The highest BCUT2D eigenvalue weighted by molar-refractivity contribution is 5.27. The third-order valence-electron chi connectivity index (χ3n) is 1.69. The van der Waals surface area contributed by atoms with Crippen molar-refractivity contribution in [2.75, 3.05) is 0 Å². The smallest absolute Gasteiger partial charge is 0.124 e. The average Bonchev–Trinajstić information content (AvgIpc) is 2.24. The van der Waals surface area contributed by atoms with E-state index in [-0.39, 0.29) is 11.4 Å². The summed E-state index contributed by atoms with van der Waals surface area (Å²) in [6, 6.07) is 0. The average molecular weight is 174 g/mol. The van der Waals surface area contributed by atoms with Gasteiger partial charge in [-0.25, -0.2) is 8.78 Å². The highest BCUT2D eigenvalue weighted by atomic mass is 19.1. The van der Waals surface area contributed by atoms with Gasteiger partial charge in [0, 0.05) is 5.57 Å². The summed E-state index contributed by atoms with van der Waals surface area (Å²) in [6.07, 6.45) is 3.20. The molecule has 1 aliphatic rings. The van der Waals surface area contributed by atoms with Gasteiger partial charge in [-0.05, 0) is 32.3 Å². The zero-order valence-corrected chi connectivity index (χ0v) is 7.95. The molecule has 2 heteroatoms. The van der Waals surface area contributed by atoms with Crippen LogP contribution in [0.3, 0.4) is 0 Å². The van der Waals surface area contributed by atoms with Crippen LogP contribution >= 0.6 is 0 Å². The second-order valence-electron chi connectivity index (χ2n) is 2.47. The van der Waals surface area contributed by atoms with Crippen LogP contribution in [0, 0.1) is 0 Å². The zero-order chi connectivity index (χ0) is 9.56. The van der Waals surface area contributed by atoms with E-state index in [0.717, 1.165) is 6.42 Å². The summed E-state index contributed by atoms with van der Waals surface area (Å²) in [5.74, 6) is -0.693. The van der Waals surface area contributed by atoms with Crippen molar-refractivity contribution in [2.45, 2.75) is 40.0 Å². The lowest BCUT2D eigenvalue weighted by Gasteiger charge is -1.95. The number of halogens is 2. The predicted molar refractivity (Wildman–Crippen MR) is 48.2 cm³/mol. The Bertz CT molecular complexity index is 190. The second kappa shape index (κ2) is 5.92. The molecule has 0 fully saturated rings. The number of hydrogen-bond donors (Lipinski definition) is 0. The van der Waals surface area contributed by atoms with E-state index in [1.165, 1.54) is 13.0 Å². The standard InChI is InChI=1S/C8H10F2.C2H6/c1-6-7(9)4-2-3-5-8(6)10;1-2/h4H,2-3,5H2,1H3;1-2H3. The van der Waals surface area contributed by atoms with Crippen molar-refractivity contribution in [1.29, 1.82) is 0 Å². The summed E-state index contributed by atoms with van der Waals surface area (Å²) in [5, 5.41) is 0. The van der Waals surface area contributed by atoms with Crippen molar-refractivity contribution in [3.05, 3.63) is 23.3 Å². The summed E-state index contributed by atoms with van der Waals surface area (Å²) < 4.78 is 25.3. The molecule has 0 N–H and O–H groups in total. The van der Waals surface area contributed by atoms with Crippen LogP contribution in [0.4, 0.5) is 8.78 Å². The topological polar surface area (TPSA) is 0 Å². The molecule has 70 valence electrons. The van der Waals surface area contributed by atoms with E-state index in [2.05, 4.69) is 0 Å². The van der Waals surface area contributed by atoms with E-state index in [9.17, 15) is 8.78 Å². The van der Waals surface area contributed by atoms with Crippen molar-refractivity contribution in [3.8, 4) is 0 Å². The Balaban J connectivity index is 0.000000561. The highest BCUT2D eigenvalue weighted by Crippen LogP contribution is 2.25. The molecule has 0 saturated carbocycles. The Morgan fingerprint density at radius 2 is 1.83 bits per heavy atom. The van der Waals surface area contributed by atoms with Crippen molar-refractivity contribution < 1.29 is 8.78 Å². The Hall–Kier alpha value is -0.660. The zero-order valence-electron chi connectivity index (χ0n) is 7.95. The van der Waals surface area contributed by atoms with Gasteiger partial charge >= 0.3 is 0 Å². The van der Waals surface area contributed by atoms with E-state index in [1.54, 1.807) is 0 Å². The van der Waals surface area contributed by atoms with Gasteiger partial charge in [-0.2, -0.15) is 0 Å². The molecule has 0 aliphatic heterocycles. The van der Waals surface area contributed by atoms with Crippen LogP contribution in [0.25, 0.3) is 0 Å². The Morgan fingerprint density at radius 1 is 1.25 bits per heavy atom. The Labute approximate surface area is 73.0 Å². The number of hydrogen-bond acceptors (Lipinski definition) is 0. The lowest BCUT2D eigenvalue weighted by molar-refractivity contribution is 0.561. The summed E-state index contributed by atoms with van der Waals surface area (Å²) in [4.78, 5) is 0. The molecule has 0 bridgehead atoms. The third kappa shape index (κ3) is 3.16. The molecule has 0 unspecified atom stereocenters. The van der Waals surface area contributed by atoms with E-state index in [1.807, 2.05) is 13.8 Å². The fraction of sp³-hybridized carbons (Fsp3) is 0.600. The Kier molecular flexibility index (Phi) is 5.60. The molecule has 12 heavy (non-hydrogen) atoms. The molecule has 0 spiro atoms. The number of rotatable bonds is 0. The first-order valence-corrected chi connectivity index (χ1v) is 4.43. The first-order valence-electron chi connectivity index (χ1n) is 4.43. The summed E-state index contributed by atoms with van der Waals surface area (Å²) in [6.45, 7) is 5.48. The van der Waals surface area contributed by atoms with Crippen molar-refractivity contribution in [2.24, 2.45) is 0 Å². The molecular weight excluding hydrogens is 158 g/mol. The van der Waals surface area contributed by atoms with E-state index >= 15 is 0 Å². The van der Waals surface area contributed by atoms with Gasteiger partial charge in [0.15, 0.2) is 0 Å². The molecule has 0 atom stereocenters. The molecule has 0 saturated heterocycles. The summed E-state index contributed by atoms with van der Waals surface area (Å²) in [5.41, 5.74) is 0.178. The molecule has 0 nitrogen and oxygen atoms in total. The van der Waals surface area contributed by atoms with Gasteiger partial charge in [-0.1, -0.05) is 13.8 Å². The highest BCUT2D eigenvalue weighted by Gasteiger charge is 2.09. The van der Waals surface area contributed by atoms with Crippen LogP contribution in [0.5, 0.6) is 0 Å². The molecular formula is C10H16F2. The quantitative estimate of drug-likeness (QED) is 0.513. The third-order valence-corrected chi connectivity index (χ3v) is 1.69. The van der Waals surface area contributed by atoms with Crippen molar-refractivity contribution in [3.63, 3.8) is 0 Å². The number of allylic oxidation sites excluding steroid dienone is 4. The Morgan fingerprint density at radius 3 is 2.42 bits per heavy atom. The van der Waals surface area contributed by atoms with Crippen molar-refractivity contribution in [1.82, 2.24) is 0 Å². The molecule has 0 amide bonds. The maximum absolute atomic E-state index is 12.7. The fourth-order valence-corrected chi connectivity index (χ4v) is 0.956. The van der Waals surface area contributed by atoms with Gasteiger partial charge in [-0.15, -0.1) is 0 Å². The van der Waals surface area contributed by atoms with Crippen molar-refractivity contribution >= 4 is 0 Å². The van der Waals surface area contributed by atoms with Crippen LogP contribution in [0.2, 0.25) is 0 Å². The van der Waals surface area contributed by atoms with Crippen LogP contribution < -0.4 is 0 Å². The van der Waals surface area contributed by atoms with E-state index in [0.29, 0.717) is 12.8 Å². The van der Waals surface area contributed by atoms with Crippen LogP contribution in [0.1, 0.15) is 40.0 Å². The predicted octanol–water partition coefficient (Wildman–Crippen LogP) is 4.29. The fourth-order valence-electron chi connectivity index (χ4n) is 0.956. The molecule has 1 rings (SSSR count). The molecule has 0 radical (unpaired) electrons. The largest absolute Gasteiger partial charge is 0.211 e. The summed E-state index contributed by atoms with van der Waals surface area (Å²) >= 11 is 0. The van der Waals surface area contributed by atoms with Gasteiger partial charge in [-0.3, -0.25) is 0 Å². The maximum atomic E-state index is 12.7. The minimum atomic E-state index is -0.394. The first kappa shape index (κ1) is 11.3. The van der Waals surface area contributed by atoms with Crippen LogP contribution in [-0.4, -0.2) is 0 Å². The van der Waals surface area contributed by atoms with Crippen LogP contribution in [0.15, 0.2) is 23.3 Å². The minimum Gasteiger partial charge on any atom is -0.211 e. The van der Waals surface area contributed by atoms with Gasteiger partial charge in [0.05, 0.1) is 0 Å². The SMILES string of the molecule is CC.CC1=C(F)CCCC=C1F. The van der Waals surface area contributed by atoms with Gasteiger partial charge < -0.3 is 0 Å². The lowest BCUT2D eigenvalue weighted by Crippen LogP contribution is -1.79. The molecule has 0 aromatic heterocycles. The van der Waals surface area contributed by atoms with E-state index in [4.69, 9.17) is 0 Å². The molecule has 0 aromatic carbocycles. The monoisotopic (exact) mass is 174 g/mol. The molecule has 0 aromatic rings. The van der Waals surface area contributed by atoms with Gasteiger partial charge in [0.25, 0.3) is 0 Å². The lowest BCUT2D eigenvalue weighted by atomic mass is 10.2. The van der Waals surface area contributed by atoms with Gasteiger partial charge in [0.2, 0.25) is 0 Å². The minimum absolute atomic E-state index is 0.178.